The molecule has 1 saturated carbocycles. The average molecular weight is 255 g/mol. The van der Waals surface area contributed by atoms with Crippen LogP contribution in [0, 0.1) is 0 Å². The third kappa shape index (κ3) is 4.52. The monoisotopic (exact) mass is 255 g/mol. The van der Waals surface area contributed by atoms with Gasteiger partial charge in [-0.1, -0.05) is 32.6 Å². The zero-order valence-electron chi connectivity index (χ0n) is 12.7. The molecule has 0 amide bonds. The molecule has 0 aliphatic heterocycles. The van der Waals surface area contributed by atoms with Crippen LogP contribution >= 0.6 is 0 Å². The molecule has 0 heterocycles. The van der Waals surface area contributed by atoms with Crippen LogP contribution in [0.1, 0.15) is 51.9 Å². The molecule has 0 bridgehead atoms. The van der Waals surface area contributed by atoms with Crippen LogP contribution in [0.15, 0.2) is 0 Å². The molecule has 0 aromatic rings. The van der Waals surface area contributed by atoms with Crippen LogP contribution in [0.25, 0.3) is 0 Å². The van der Waals surface area contributed by atoms with Crippen LogP contribution < -0.4 is 5.73 Å². The van der Waals surface area contributed by atoms with Crippen LogP contribution in [-0.4, -0.2) is 55.6 Å². The smallest absolute Gasteiger partial charge is 0.0332 e. The van der Waals surface area contributed by atoms with Gasteiger partial charge in [0.1, 0.15) is 0 Å². The zero-order valence-corrected chi connectivity index (χ0v) is 12.7. The van der Waals surface area contributed by atoms with Crippen LogP contribution in [-0.2, 0) is 0 Å². The van der Waals surface area contributed by atoms with Gasteiger partial charge in [-0.15, -0.1) is 0 Å². The Morgan fingerprint density at radius 3 is 2.00 bits per heavy atom. The molecule has 1 rings (SSSR count). The molecule has 0 aromatic heterocycles. The van der Waals surface area contributed by atoms with E-state index in [1.165, 1.54) is 51.5 Å². The Morgan fingerprint density at radius 1 is 0.944 bits per heavy atom. The van der Waals surface area contributed by atoms with Gasteiger partial charge in [-0.2, -0.15) is 0 Å². The minimum absolute atomic E-state index is 0.294. The van der Waals surface area contributed by atoms with Gasteiger partial charge in [-0.05, 0) is 39.9 Å². The highest BCUT2D eigenvalue weighted by atomic mass is 15.2. The molecule has 0 radical (unpaired) electrons. The summed E-state index contributed by atoms with van der Waals surface area (Å²) in [6, 6.07) is 0. The molecule has 1 aliphatic rings. The van der Waals surface area contributed by atoms with Crippen molar-refractivity contribution in [2.45, 2.75) is 57.4 Å². The van der Waals surface area contributed by atoms with E-state index in [1.54, 1.807) is 0 Å². The number of rotatable bonds is 7. The fourth-order valence-electron chi connectivity index (χ4n) is 3.21. The number of likely N-dealkylation sites (N-methyl/N-ethyl adjacent to an activating group) is 1. The molecule has 0 unspecified atom stereocenters. The van der Waals surface area contributed by atoms with E-state index >= 15 is 0 Å². The first-order valence-corrected chi connectivity index (χ1v) is 7.74. The Morgan fingerprint density at radius 2 is 1.56 bits per heavy atom. The van der Waals surface area contributed by atoms with E-state index in [2.05, 4.69) is 30.8 Å². The van der Waals surface area contributed by atoms with Crippen LogP contribution in [0.4, 0.5) is 0 Å². The molecular formula is C15H33N3. The summed E-state index contributed by atoms with van der Waals surface area (Å²) in [7, 11) is 4.32. The summed E-state index contributed by atoms with van der Waals surface area (Å²) in [6.45, 7) is 6.62. The minimum Gasteiger partial charge on any atom is -0.329 e. The lowest BCUT2D eigenvalue weighted by Crippen LogP contribution is -2.55. The van der Waals surface area contributed by atoms with E-state index in [4.69, 9.17) is 5.73 Å². The maximum absolute atomic E-state index is 6.19. The molecule has 0 spiro atoms. The van der Waals surface area contributed by atoms with Gasteiger partial charge in [-0.3, -0.25) is 4.90 Å². The standard InChI is InChI=1S/C15H33N3/c1-4-11-18(13-12-17(2)3)15(14-16)9-7-5-6-8-10-15/h4-14,16H2,1-3H3. The topological polar surface area (TPSA) is 32.5 Å². The Balaban J connectivity index is 2.70. The quantitative estimate of drug-likeness (QED) is 0.709. The molecule has 0 aromatic carbocycles. The zero-order chi connectivity index (χ0) is 13.4. The lowest BCUT2D eigenvalue weighted by molar-refractivity contribution is 0.0707. The molecule has 2 N–H and O–H groups in total. The fourth-order valence-corrected chi connectivity index (χ4v) is 3.21. The van der Waals surface area contributed by atoms with Crippen molar-refractivity contribution >= 4 is 0 Å². The summed E-state index contributed by atoms with van der Waals surface area (Å²) in [4.78, 5) is 4.97. The molecule has 108 valence electrons. The second-order valence-electron chi connectivity index (χ2n) is 6.13. The lowest BCUT2D eigenvalue weighted by Gasteiger charge is -2.44. The summed E-state index contributed by atoms with van der Waals surface area (Å²) >= 11 is 0. The second kappa shape index (κ2) is 8.13. The van der Waals surface area contributed by atoms with E-state index in [9.17, 15) is 0 Å². The second-order valence-corrected chi connectivity index (χ2v) is 6.13. The summed E-state index contributed by atoms with van der Waals surface area (Å²) in [6.07, 6.45) is 9.35. The van der Waals surface area contributed by atoms with E-state index in [0.29, 0.717) is 5.54 Å². The Labute approximate surface area is 114 Å². The van der Waals surface area contributed by atoms with Crippen molar-refractivity contribution in [3.05, 3.63) is 0 Å². The van der Waals surface area contributed by atoms with Crippen molar-refractivity contribution in [3.63, 3.8) is 0 Å². The van der Waals surface area contributed by atoms with Gasteiger partial charge in [0.2, 0.25) is 0 Å². The first-order valence-electron chi connectivity index (χ1n) is 7.74. The lowest BCUT2D eigenvalue weighted by atomic mass is 9.87. The van der Waals surface area contributed by atoms with Crippen molar-refractivity contribution in [2.75, 3.05) is 40.3 Å². The van der Waals surface area contributed by atoms with E-state index in [0.717, 1.165) is 19.6 Å². The van der Waals surface area contributed by atoms with Gasteiger partial charge in [0.25, 0.3) is 0 Å². The van der Waals surface area contributed by atoms with Crippen LogP contribution in [0.3, 0.4) is 0 Å². The average Bonchev–Trinajstić information content (AvgIpc) is 2.60. The first-order chi connectivity index (χ1) is 8.64. The van der Waals surface area contributed by atoms with Crippen LogP contribution in [0.5, 0.6) is 0 Å². The highest BCUT2D eigenvalue weighted by Crippen LogP contribution is 2.31. The van der Waals surface area contributed by atoms with Gasteiger partial charge in [0.05, 0.1) is 0 Å². The largest absolute Gasteiger partial charge is 0.329 e. The normalized spacial score (nSPS) is 20.3. The summed E-state index contributed by atoms with van der Waals surface area (Å²) in [5.74, 6) is 0. The molecule has 3 heteroatoms. The van der Waals surface area contributed by atoms with E-state index in [-0.39, 0.29) is 0 Å². The number of nitrogens with zero attached hydrogens (tertiary/aromatic N) is 2. The van der Waals surface area contributed by atoms with Crippen molar-refractivity contribution in [2.24, 2.45) is 5.73 Å². The highest BCUT2D eigenvalue weighted by molar-refractivity contribution is 4.93. The van der Waals surface area contributed by atoms with E-state index < -0.39 is 0 Å². The number of nitrogens with two attached hydrogens (primary N) is 1. The molecule has 18 heavy (non-hydrogen) atoms. The van der Waals surface area contributed by atoms with Crippen molar-refractivity contribution in [1.82, 2.24) is 9.80 Å². The predicted octanol–water partition coefficient (Wildman–Crippen LogP) is 2.31. The van der Waals surface area contributed by atoms with Gasteiger partial charge >= 0.3 is 0 Å². The molecule has 0 saturated heterocycles. The Hall–Kier alpha value is -0.120. The summed E-state index contributed by atoms with van der Waals surface area (Å²) in [5, 5.41) is 0. The third-order valence-electron chi connectivity index (χ3n) is 4.40. The molecule has 1 aliphatic carbocycles. The fraction of sp³-hybridized carbons (Fsp3) is 1.00. The summed E-state index contributed by atoms with van der Waals surface area (Å²) < 4.78 is 0. The van der Waals surface area contributed by atoms with Crippen molar-refractivity contribution in [3.8, 4) is 0 Å². The number of hydrogen-bond donors (Lipinski definition) is 1. The van der Waals surface area contributed by atoms with Gasteiger partial charge < -0.3 is 10.6 Å². The maximum atomic E-state index is 6.19. The maximum Gasteiger partial charge on any atom is 0.0332 e. The third-order valence-corrected chi connectivity index (χ3v) is 4.40. The predicted molar refractivity (Wildman–Crippen MR) is 79.9 cm³/mol. The highest BCUT2D eigenvalue weighted by Gasteiger charge is 2.34. The SMILES string of the molecule is CCCN(CCN(C)C)C1(CN)CCCCCC1. The first kappa shape index (κ1) is 15.9. The molecule has 0 atom stereocenters. The number of hydrogen-bond acceptors (Lipinski definition) is 3. The Kier molecular flexibility index (Phi) is 7.20. The van der Waals surface area contributed by atoms with Crippen molar-refractivity contribution < 1.29 is 0 Å². The van der Waals surface area contributed by atoms with Gasteiger partial charge in [0.15, 0.2) is 0 Å². The van der Waals surface area contributed by atoms with E-state index in [1.807, 2.05) is 0 Å². The summed E-state index contributed by atoms with van der Waals surface area (Å²) in [5.41, 5.74) is 6.48. The Bertz CT molecular complexity index is 208. The molecule has 3 nitrogen and oxygen atoms in total. The van der Waals surface area contributed by atoms with Crippen LogP contribution in [0.2, 0.25) is 0 Å². The molecule has 1 fully saturated rings. The molecular weight excluding hydrogens is 222 g/mol. The van der Waals surface area contributed by atoms with Gasteiger partial charge in [0, 0.05) is 25.2 Å². The minimum atomic E-state index is 0.294. The van der Waals surface area contributed by atoms with Gasteiger partial charge in [-0.25, -0.2) is 0 Å². The van der Waals surface area contributed by atoms with Crippen molar-refractivity contribution in [1.29, 1.82) is 0 Å².